The van der Waals surface area contributed by atoms with Gasteiger partial charge >= 0.3 is 11.9 Å². The van der Waals surface area contributed by atoms with Gasteiger partial charge in [-0.3, -0.25) is 4.79 Å². The molecule has 5 nitrogen and oxygen atoms in total. The minimum Gasteiger partial charge on any atom is -0.335 e. The summed E-state index contributed by atoms with van der Waals surface area (Å²) in [6, 6.07) is 0. The standard InChI is InChI=1S/C6H9NO4/c1-2-4-3-5(8)10-7-11-6(4)9/h4,7H,2-3H2,1H3. The zero-order valence-electron chi connectivity index (χ0n) is 6.12. The molecule has 0 amide bonds. The molecule has 1 saturated heterocycles. The third-order valence-electron chi connectivity index (χ3n) is 1.54. The predicted octanol–water partition coefficient (Wildman–Crippen LogP) is -0.0777. The SMILES string of the molecule is CCC1CC(=O)ONOC1=O. The van der Waals surface area contributed by atoms with E-state index in [4.69, 9.17) is 0 Å². The van der Waals surface area contributed by atoms with Gasteiger partial charge in [-0.25, -0.2) is 4.79 Å². The predicted molar refractivity (Wildman–Crippen MR) is 33.7 cm³/mol. The molecule has 0 spiro atoms. The second-order valence-electron chi connectivity index (χ2n) is 2.29. The molecule has 11 heavy (non-hydrogen) atoms. The lowest BCUT2D eigenvalue weighted by Crippen LogP contribution is -2.20. The fourth-order valence-electron chi connectivity index (χ4n) is 0.829. The van der Waals surface area contributed by atoms with Gasteiger partial charge in [-0.15, -0.1) is 0 Å². The highest BCUT2D eigenvalue weighted by Gasteiger charge is 2.26. The molecule has 1 unspecified atom stereocenters. The molecule has 1 heterocycles. The van der Waals surface area contributed by atoms with E-state index in [9.17, 15) is 9.59 Å². The van der Waals surface area contributed by atoms with Crippen molar-refractivity contribution in [2.24, 2.45) is 5.92 Å². The highest BCUT2D eigenvalue weighted by molar-refractivity contribution is 5.80. The van der Waals surface area contributed by atoms with Crippen LogP contribution in [0, 0.1) is 5.92 Å². The van der Waals surface area contributed by atoms with Crippen molar-refractivity contribution in [2.45, 2.75) is 19.8 Å². The summed E-state index contributed by atoms with van der Waals surface area (Å²) in [5.41, 5.74) is 1.81. The molecule has 0 bridgehead atoms. The molecule has 0 aliphatic carbocycles. The highest BCUT2D eigenvalue weighted by atomic mass is 16.9. The van der Waals surface area contributed by atoms with Gasteiger partial charge in [0.25, 0.3) is 0 Å². The van der Waals surface area contributed by atoms with Gasteiger partial charge < -0.3 is 9.68 Å². The van der Waals surface area contributed by atoms with Crippen LogP contribution < -0.4 is 5.64 Å². The summed E-state index contributed by atoms with van der Waals surface area (Å²) < 4.78 is 0. The van der Waals surface area contributed by atoms with Gasteiger partial charge in [0.15, 0.2) is 0 Å². The number of hydrogen-bond acceptors (Lipinski definition) is 5. The highest BCUT2D eigenvalue weighted by Crippen LogP contribution is 2.12. The van der Waals surface area contributed by atoms with Crippen molar-refractivity contribution in [1.82, 2.24) is 5.64 Å². The zero-order valence-corrected chi connectivity index (χ0v) is 6.12. The second-order valence-corrected chi connectivity index (χ2v) is 2.29. The number of nitrogens with one attached hydrogen (secondary N) is 1. The lowest BCUT2D eigenvalue weighted by molar-refractivity contribution is -0.191. The van der Waals surface area contributed by atoms with Crippen LogP contribution in [0.2, 0.25) is 0 Å². The van der Waals surface area contributed by atoms with E-state index in [1.165, 1.54) is 0 Å². The minimum atomic E-state index is -0.470. The largest absolute Gasteiger partial charge is 0.335 e. The van der Waals surface area contributed by atoms with Gasteiger partial charge in [0, 0.05) is 5.64 Å². The van der Waals surface area contributed by atoms with Gasteiger partial charge in [0.1, 0.15) is 0 Å². The number of hydrogen-bond donors (Lipinski definition) is 1. The van der Waals surface area contributed by atoms with E-state index < -0.39 is 11.9 Å². The molecular weight excluding hydrogens is 150 g/mol. The zero-order chi connectivity index (χ0) is 8.27. The lowest BCUT2D eigenvalue weighted by Gasteiger charge is -2.03. The maximum Gasteiger partial charge on any atom is 0.332 e. The molecule has 0 radical (unpaired) electrons. The first-order chi connectivity index (χ1) is 5.24. The van der Waals surface area contributed by atoms with Gasteiger partial charge in [-0.1, -0.05) is 6.92 Å². The van der Waals surface area contributed by atoms with Crippen LogP contribution in [0.3, 0.4) is 0 Å². The summed E-state index contributed by atoms with van der Waals surface area (Å²) in [4.78, 5) is 30.2. The molecule has 1 aliphatic heterocycles. The van der Waals surface area contributed by atoms with Gasteiger partial charge in [0.05, 0.1) is 12.3 Å². The molecule has 1 N–H and O–H groups in total. The Morgan fingerprint density at radius 2 is 2.27 bits per heavy atom. The van der Waals surface area contributed by atoms with Crippen LogP contribution in [-0.2, 0) is 19.3 Å². The first-order valence-electron chi connectivity index (χ1n) is 3.39. The fraction of sp³-hybridized carbons (Fsp3) is 0.667. The van der Waals surface area contributed by atoms with Crippen LogP contribution in [-0.4, -0.2) is 11.9 Å². The van der Waals surface area contributed by atoms with E-state index in [1.54, 1.807) is 0 Å². The molecule has 62 valence electrons. The Labute approximate surface area is 63.6 Å². The molecule has 0 aromatic heterocycles. The summed E-state index contributed by atoms with van der Waals surface area (Å²) in [6.07, 6.45) is 0.665. The van der Waals surface area contributed by atoms with Gasteiger partial charge in [-0.05, 0) is 6.42 Å². The quantitative estimate of drug-likeness (QED) is 0.579. The van der Waals surface area contributed by atoms with E-state index in [0.29, 0.717) is 6.42 Å². The summed E-state index contributed by atoms with van der Waals surface area (Å²) in [7, 11) is 0. The maximum absolute atomic E-state index is 10.9. The van der Waals surface area contributed by atoms with Crippen LogP contribution >= 0.6 is 0 Å². The van der Waals surface area contributed by atoms with Crippen LogP contribution in [0.15, 0.2) is 0 Å². The molecule has 0 saturated carbocycles. The molecule has 0 aromatic rings. The Morgan fingerprint density at radius 1 is 1.55 bits per heavy atom. The van der Waals surface area contributed by atoms with E-state index in [0.717, 1.165) is 0 Å². The Morgan fingerprint density at radius 3 is 2.91 bits per heavy atom. The molecule has 1 rings (SSSR count). The van der Waals surface area contributed by atoms with Crippen LogP contribution in [0.1, 0.15) is 19.8 Å². The van der Waals surface area contributed by atoms with Crippen molar-refractivity contribution in [3.05, 3.63) is 0 Å². The minimum absolute atomic E-state index is 0.0856. The second kappa shape index (κ2) is 3.34. The Balaban J connectivity index is 2.59. The summed E-state index contributed by atoms with van der Waals surface area (Å²) in [5.74, 6) is -1.29. The number of carbonyl (C=O) groups is 2. The number of carbonyl (C=O) groups excluding carboxylic acids is 2. The van der Waals surface area contributed by atoms with Crippen LogP contribution in [0.5, 0.6) is 0 Å². The Bertz CT molecular complexity index is 179. The molecular formula is C6H9NO4. The summed E-state index contributed by atoms with van der Waals surface area (Å²) in [5, 5.41) is 0. The van der Waals surface area contributed by atoms with E-state index in [1.807, 2.05) is 12.6 Å². The molecule has 1 atom stereocenters. The van der Waals surface area contributed by atoms with E-state index >= 15 is 0 Å². The average molecular weight is 159 g/mol. The third kappa shape index (κ3) is 1.91. The van der Waals surface area contributed by atoms with Crippen LogP contribution in [0.25, 0.3) is 0 Å². The van der Waals surface area contributed by atoms with Crippen molar-refractivity contribution in [3.63, 3.8) is 0 Å². The van der Waals surface area contributed by atoms with E-state index in [2.05, 4.69) is 9.68 Å². The van der Waals surface area contributed by atoms with Crippen molar-refractivity contribution in [1.29, 1.82) is 0 Å². The summed E-state index contributed by atoms with van der Waals surface area (Å²) >= 11 is 0. The smallest absolute Gasteiger partial charge is 0.332 e. The van der Waals surface area contributed by atoms with Crippen molar-refractivity contribution >= 4 is 11.9 Å². The van der Waals surface area contributed by atoms with Crippen molar-refractivity contribution in [3.8, 4) is 0 Å². The Kier molecular flexibility index (Phi) is 2.43. The molecule has 5 heteroatoms. The van der Waals surface area contributed by atoms with Crippen molar-refractivity contribution in [2.75, 3.05) is 0 Å². The summed E-state index contributed by atoms with van der Waals surface area (Å²) in [6.45, 7) is 1.81. The van der Waals surface area contributed by atoms with Crippen LogP contribution in [0.4, 0.5) is 0 Å². The first-order valence-corrected chi connectivity index (χ1v) is 3.39. The normalized spacial score (nSPS) is 25.4. The van der Waals surface area contributed by atoms with Gasteiger partial charge in [0.2, 0.25) is 0 Å². The first kappa shape index (κ1) is 8.00. The fourth-order valence-corrected chi connectivity index (χ4v) is 0.829. The number of rotatable bonds is 1. The van der Waals surface area contributed by atoms with Crippen molar-refractivity contribution < 1.29 is 19.3 Å². The topological polar surface area (TPSA) is 64.6 Å². The monoisotopic (exact) mass is 159 g/mol. The molecule has 1 aliphatic rings. The maximum atomic E-state index is 10.9. The average Bonchev–Trinajstić information content (AvgIpc) is 2.13. The van der Waals surface area contributed by atoms with E-state index in [-0.39, 0.29) is 12.3 Å². The third-order valence-corrected chi connectivity index (χ3v) is 1.54. The van der Waals surface area contributed by atoms with Gasteiger partial charge in [-0.2, -0.15) is 0 Å². The molecule has 1 fully saturated rings. The Hall–Kier alpha value is -1.10. The molecule has 0 aromatic carbocycles. The lowest BCUT2D eigenvalue weighted by atomic mass is 10.0.